The zero-order valence-corrected chi connectivity index (χ0v) is 26.5. The number of aromatic nitrogens is 2. The molecule has 1 aromatic heterocycles. The molecule has 0 bridgehead atoms. The first-order valence-corrected chi connectivity index (χ1v) is 16.0. The highest BCUT2D eigenvalue weighted by Crippen LogP contribution is 2.36. The van der Waals surface area contributed by atoms with Gasteiger partial charge in [0.2, 0.25) is 12.5 Å². The molecule has 3 aromatic rings. The number of carbonyl (C=O) groups is 1. The number of benzene rings is 2. The van der Waals surface area contributed by atoms with Crippen molar-refractivity contribution in [3.63, 3.8) is 0 Å². The van der Waals surface area contributed by atoms with Crippen LogP contribution in [0.5, 0.6) is 6.01 Å². The van der Waals surface area contributed by atoms with Crippen molar-refractivity contribution in [2.24, 2.45) is 0 Å². The molecule has 0 N–H and O–H groups in total. The Hall–Kier alpha value is -4.20. The Morgan fingerprint density at radius 3 is 2.73 bits per heavy atom. The number of likely N-dealkylation sites (N-methyl/N-ethyl adjacent to an activating group) is 1. The van der Waals surface area contributed by atoms with Gasteiger partial charge in [-0.2, -0.15) is 9.97 Å². The van der Waals surface area contributed by atoms with E-state index in [0.717, 1.165) is 62.6 Å². The van der Waals surface area contributed by atoms with Gasteiger partial charge >= 0.3 is 6.01 Å². The van der Waals surface area contributed by atoms with E-state index in [1.165, 1.54) is 28.1 Å². The topological polar surface area (TPSA) is 78.6 Å². The number of amides is 1. The van der Waals surface area contributed by atoms with E-state index in [0.29, 0.717) is 44.8 Å². The van der Waals surface area contributed by atoms with E-state index in [2.05, 4.69) is 76.5 Å². The SMILES string of the molecule is [C-]#[N+]C[C@H]1CN(c2nc(OCCN(C)C3CCOCC3)nc3c2CCN(c2cccc4cccc(C)c24)C3)CCN1C(=O)C=C. The molecule has 10 nitrogen and oxygen atoms in total. The van der Waals surface area contributed by atoms with Crippen LogP contribution >= 0.6 is 0 Å². The lowest BCUT2D eigenvalue weighted by Crippen LogP contribution is -2.56. The van der Waals surface area contributed by atoms with Crippen molar-refractivity contribution >= 4 is 28.2 Å². The van der Waals surface area contributed by atoms with Crippen LogP contribution in [0.25, 0.3) is 15.6 Å². The molecule has 0 saturated carbocycles. The van der Waals surface area contributed by atoms with Crippen LogP contribution in [-0.4, -0.2) is 104 Å². The molecule has 1 amide bonds. The van der Waals surface area contributed by atoms with E-state index in [9.17, 15) is 4.79 Å². The van der Waals surface area contributed by atoms with Crippen LogP contribution in [0.4, 0.5) is 11.5 Å². The Morgan fingerprint density at radius 1 is 1.16 bits per heavy atom. The summed E-state index contributed by atoms with van der Waals surface area (Å²) in [6.07, 6.45) is 4.20. The monoisotopic (exact) mass is 609 g/mol. The first kappa shape index (κ1) is 30.8. The van der Waals surface area contributed by atoms with E-state index in [-0.39, 0.29) is 18.5 Å². The average molecular weight is 610 g/mol. The summed E-state index contributed by atoms with van der Waals surface area (Å²) in [7, 11) is 2.14. The van der Waals surface area contributed by atoms with Crippen LogP contribution in [0.2, 0.25) is 0 Å². The summed E-state index contributed by atoms with van der Waals surface area (Å²) < 4.78 is 11.8. The first-order chi connectivity index (χ1) is 22.0. The number of rotatable bonds is 9. The molecule has 2 saturated heterocycles. The van der Waals surface area contributed by atoms with Crippen molar-refractivity contribution in [2.45, 2.75) is 44.8 Å². The predicted molar refractivity (Wildman–Crippen MR) is 177 cm³/mol. The molecule has 45 heavy (non-hydrogen) atoms. The zero-order valence-electron chi connectivity index (χ0n) is 26.5. The number of nitrogens with zero attached hydrogens (tertiary/aromatic N) is 7. The number of aryl methyl sites for hydroxylation is 1. The van der Waals surface area contributed by atoms with E-state index in [4.69, 9.17) is 26.0 Å². The van der Waals surface area contributed by atoms with Crippen LogP contribution in [0.15, 0.2) is 49.1 Å². The van der Waals surface area contributed by atoms with E-state index >= 15 is 0 Å². The van der Waals surface area contributed by atoms with Crippen molar-refractivity contribution < 1.29 is 14.3 Å². The number of anilines is 2. The fourth-order valence-electron chi connectivity index (χ4n) is 7.00. The van der Waals surface area contributed by atoms with Gasteiger partial charge < -0.3 is 29.0 Å². The molecular formula is C35H43N7O3. The van der Waals surface area contributed by atoms with E-state index in [1.807, 2.05) is 0 Å². The zero-order chi connectivity index (χ0) is 31.3. The Morgan fingerprint density at radius 2 is 1.96 bits per heavy atom. The summed E-state index contributed by atoms with van der Waals surface area (Å²) in [5.41, 5.74) is 4.56. The summed E-state index contributed by atoms with van der Waals surface area (Å²) in [4.78, 5) is 35.0. The smallest absolute Gasteiger partial charge is 0.318 e. The van der Waals surface area contributed by atoms with Gasteiger partial charge in [-0.1, -0.05) is 36.9 Å². The Kier molecular flexibility index (Phi) is 9.47. The van der Waals surface area contributed by atoms with Crippen LogP contribution < -0.4 is 14.5 Å². The fourth-order valence-corrected chi connectivity index (χ4v) is 7.00. The number of ether oxygens (including phenoxy) is 2. The standard InChI is InChI=1S/C35H43N7O3/c1-5-32(43)42-17-16-41(23-28(42)22-36-3)34-29-12-15-40(31-11-7-10-26-9-6-8-25(2)33(26)31)24-30(29)37-35(38-34)45-21-18-39(4)27-13-19-44-20-14-27/h5-11,27-28H,1,12-24H2,2,4H3/t28-/m0/s1. The van der Waals surface area contributed by atoms with Crippen LogP contribution in [0.1, 0.15) is 29.7 Å². The maximum absolute atomic E-state index is 12.6. The molecule has 2 aromatic carbocycles. The molecule has 4 heterocycles. The molecule has 6 rings (SSSR count). The highest BCUT2D eigenvalue weighted by Gasteiger charge is 2.35. The Labute approximate surface area is 266 Å². The van der Waals surface area contributed by atoms with Gasteiger partial charge in [-0.05, 0) is 56.3 Å². The third-order valence-electron chi connectivity index (χ3n) is 9.49. The van der Waals surface area contributed by atoms with Crippen LogP contribution in [0.3, 0.4) is 0 Å². The number of carbonyl (C=O) groups excluding carboxylic acids is 1. The lowest BCUT2D eigenvalue weighted by atomic mass is 9.99. The Bertz CT molecular complexity index is 1580. The van der Waals surface area contributed by atoms with E-state index < -0.39 is 0 Å². The summed E-state index contributed by atoms with van der Waals surface area (Å²) in [6.45, 7) is 19.6. The second-order valence-corrected chi connectivity index (χ2v) is 12.2. The maximum Gasteiger partial charge on any atom is 0.318 e. The van der Waals surface area contributed by atoms with Gasteiger partial charge in [0, 0.05) is 68.6 Å². The molecule has 0 spiro atoms. The highest BCUT2D eigenvalue weighted by atomic mass is 16.5. The molecule has 236 valence electrons. The molecule has 3 aliphatic heterocycles. The lowest BCUT2D eigenvalue weighted by Gasteiger charge is -2.41. The largest absolute Gasteiger partial charge is 0.462 e. The van der Waals surface area contributed by atoms with Gasteiger partial charge in [0.15, 0.2) is 0 Å². The molecule has 3 aliphatic rings. The van der Waals surface area contributed by atoms with Crippen molar-refractivity contribution in [2.75, 3.05) is 75.9 Å². The lowest BCUT2D eigenvalue weighted by molar-refractivity contribution is -0.128. The molecule has 10 heteroatoms. The molecular weight excluding hydrogens is 566 g/mol. The number of piperazine rings is 1. The second kappa shape index (κ2) is 13.8. The minimum absolute atomic E-state index is 0.133. The van der Waals surface area contributed by atoms with Gasteiger partial charge in [0.1, 0.15) is 18.5 Å². The average Bonchev–Trinajstić information content (AvgIpc) is 3.07. The normalized spacial score (nSPS) is 19.0. The minimum atomic E-state index is -0.233. The number of fused-ring (bicyclic) bond motifs is 2. The second-order valence-electron chi connectivity index (χ2n) is 12.2. The molecule has 0 radical (unpaired) electrons. The first-order valence-electron chi connectivity index (χ1n) is 16.0. The van der Waals surface area contributed by atoms with Gasteiger partial charge in [0.05, 0.1) is 12.2 Å². The van der Waals surface area contributed by atoms with E-state index in [1.54, 1.807) is 4.90 Å². The molecule has 2 fully saturated rings. The Balaban J connectivity index is 1.29. The third-order valence-corrected chi connectivity index (χ3v) is 9.49. The predicted octanol–water partition coefficient (Wildman–Crippen LogP) is 4.11. The fraction of sp³-hybridized carbons (Fsp3) is 0.486. The number of hydrogen-bond donors (Lipinski definition) is 0. The molecule has 0 unspecified atom stereocenters. The van der Waals surface area contributed by atoms with Crippen molar-refractivity contribution in [1.29, 1.82) is 0 Å². The summed E-state index contributed by atoms with van der Waals surface area (Å²) >= 11 is 0. The maximum atomic E-state index is 12.6. The summed E-state index contributed by atoms with van der Waals surface area (Å²) in [5, 5.41) is 2.51. The van der Waals surface area contributed by atoms with Gasteiger partial charge in [-0.15, -0.1) is 0 Å². The van der Waals surface area contributed by atoms with Crippen molar-refractivity contribution in [3.8, 4) is 6.01 Å². The molecule has 0 aliphatic carbocycles. The minimum Gasteiger partial charge on any atom is -0.462 e. The third kappa shape index (κ3) is 6.60. The quantitative estimate of drug-likeness (QED) is 0.265. The summed E-state index contributed by atoms with van der Waals surface area (Å²) in [6, 6.07) is 13.6. The van der Waals surface area contributed by atoms with Gasteiger partial charge in [-0.3, -0.25) is 9.69 Å². The highest BCUT2D eigenvalue weighted by molar-refractivity contribution is 5.97. The van der Waals surface area contributed by atoms with Crippen molar-refractivity contribution in [1.82, 2.24) is 19.8 Å². The number of hydrogen-bond acceptors (Lipinski definition) is 8. The van der Waals surface area contributed by atoms with Gasteiger partial charge in [0.25, 0.3) is 0 Å². The molecule has 1 atom stereocenters. The van der Waals surface area contributed by atoms with Crippen LogP contribution in [0, 0.1) is 13.5 Å². The van der Waals surface area contributed by atoms with Gasteiger partial charge in [-0.25, -0.2) is 6.57 Å². The van der Waals surface area contributed by atoms with Crippen molar-refractivity contribution in [3.05, 3.63) is 77.3 Å². The van der Waals surface area contributed by atoms with Crippen LogP contribution in [-0.2, 0) is 22.5 Å². The summed E-state index contributed by atoms with van der Waals surface area (Å²) in [5.74, 6) is 0.730.